The van der Waals surface area contributed by atoms with Crippen molar-refractivity contribution in [3.05, 3.63) is 24.3 Å². The van der Waals surface area contributed by atoms with Crippen molar-refractivity contribution in [2.75, 3.05) is 13.2 Å². The highest BCUT2D eigenvalue weighted by molar-refractivity contribution is 5.71. The zero-order valence-electron chi connectivity index (χ0n) is 39.5. The Bertz CT molecular complexity index is 958. The molecule has 6 nitrogen and oxygen atoms in total. The third-order valence-corrected chi connectivity index (χ3v) is 11.4. The first-order valence-corrected chi connectivity index (χ1v) is 25.8. The average Bonchev–Trinajstić information content (AvgIpc) is 3.23. The number of unbranched alkanes of at least 4 members (excludes halogenated alkanes) is 32. The minimum absolute atomic E-state index is 0.0728. The molecule has 0 radical (unpaired) electrons. The van der Waals surface area contributed by atoms with Gasteiger partial charge >= 0.3 is 17.9 Å². The molecule has 0 saturated carbocycles. The van der Waals surface area contributed by atoms with Crippen LogP contribution in [0.3, 0.4) is 0 Å². The molecule has 0 rings (SSSR count). The number of carbonyl (C=O) groups excluding carboxylic acids is 3. The standard InChI is InChI=1S/C53H98O6/c1-4-7-10-13-16-19-22-24-25-26-27-28-30-31-34-37-40-43-46-52(55)58-49-50(48-57-51(54)45-42-39-36-33-21-18-15-12-9-6-3)59-53(56)47-44-41-38-35-32-29-23-20-17-14-11-8-5-2/h12,15,25-26,50H,4-11,13-14,16-24,27-49H2,1-3H3/b15-12-,26-25-. The van der Waals surface area contributed by atoms with E-state index in [1.807, 2.05) is 0 Å². The van der Waals surface area contributed by atoms with Crippen molar-refractivity contribution in [1.82, 2.24) is 0 Å². The van der Waals surface area contributed by atoms with Crippen molar-refractivity contribution in [3.8, 4) is 0 Å². The smallest absolute Gasteiger partial charge is 0.306 e. The summed E-state index contributed by atoms with van der Waals surface area (Å²) in [6.45, 7) is 6.59. The minimum Gasteiger partial charge on any atom is -0.462 e. The first kappa shape index (κ1) is 56.9. The molecular formula is C53H98O6. The molecule has 1 atom stereocenters. The molecule has 0 aliphatic heterocycles. The summed E-state index contributed by atoms with van der Waals surface area (Å²) in [5.41, 5.74) is 0. The maximum absolute atomic E-state index is 12.8. The molecule has 0 fully saturated rings. The van der Waals surface area contributed by atoms with E-state index in [0.717, 1.165) is 70.6 Å². The molecule has 0 heterocycles. The maximum Gasteiger partial charge on any atom is 0.306 e. The molecule has 0 N–H and O–H groups in total. The van der Waals surface area contributed by atoms with E-state index < -0.39 is 6.10 Å². The summed E-state index contributed by atoms with van der Waals surface area (Å²) in [6, 6.07) is 0. The summed E-state index contributed by atoms with van der Waals surface area (Å²) < 4.78 is 16.8. The zero-order valence-corrected chi connectivity index (χ0v) is 39.5. The Morgan fingerprint density at radius 2 is 0.593 bits per heavy atom. The van der Waals surface area contributed by atoms with E-state index in [9.17, 15) is 14.4 Å². The molecule has 0 aliphatic carbocycles. The number of hydrogen-bond acceptors (Lipinski definition) is 6. The number of carbonyl (C=O) groups is 3. The first-order chi connectivity index (χ1) is 29.0. The Hall–Kier alpha value is -2.11. The lowest BCUT2D eigenvalue weighted by molar-refractivity contribution is -0.167. The van der Waals surface area contributed by atoms with Crippen molar-refractivity contribution < 1.29 is 28.6 Å². The second-order valence-electron chi connectivity index (χ2n) is 17.4. The monoisotopic (exact) mass is 831 g/mol. The van der Waals surface area contributed by atoms with Crippen molar-refractivity contribution >= 4 is 17.9 Å². The Morgan fingerprint density at radius 3 is 0.915 bits per heavy atom. The van der Waals surface area contributed by atoms with Crippen molar-refractivity contribution in [1.29, 1.82) is 0 Å². The molecule has 59 heavy (non-hydrogen) atoms. The van der Waals surface area contributed by atoms with Crippen molar-refractivity contribution in [3.63, 3.8) is 0 Å². The molecule has 6 heteroatoms. The van der Waals surface area contributed by atoms with Gasteiger partial charge in [-0.1, -0.05) is 218 Å². The fourth-order valence-corrected chi connectivity index (χ4v) is 7.50. The van der Waals surface area contributed by atoms with Gasteiger partial charge in [-0.15, -0.1) is 0 Å². The van der Waals surface area contributed by atoms with E-state index >= 15 is 0 Å². The molecule has 346 valence electrons. The summed E-state index contributed by atoms with van der Waals surface area (Å²) in [4.78, 5) is 37.9. The largest absolute Gasteiger partial charge is 0.462 e. The molecular weight excluding hydrogens is 733 g/mol. The Balaban J connectivity index is 4.29. The molecule has 0 bridgehead atoms. The van der Waals surface area contributed by atoms with Crippen LogP contribution in [0, 0.1) is 0 Å². The highest BCUT2D eigenvalue weighted by atomic mass is 16.6. The summed E-state index contributed by atoms with van der Waals surface area (Å²) in [5, 5.41) is 0. The van der Waals surface area contributed by atoms with Crippen LogP contribution in [0.15, 0.2) is 24.3 Å². The van der Waals surface area contributed by atoms with Crippen LogP contribution < -0.4 is 0 Å². The lowest BCUT2D eigenvalue weighted by atomic mass is 10.0. The molecule has 0 amide bonds. The Kier molecular flexibility index (Phi) is 46.8. The van der Waals surface area contributed by atoms with E-state index in [1.165, 1.54) is 167 Å². The molecule has 0 spiro atoms. The fourth-order valence-electron chi connectivity index (χ4n) is 7.50. The van der Waals surface area contributed by atoms with Crippen molar-refractivity contribution in [2.24, 2.45) is 0 Å². The van der Waals surface area contributed by atoms with Gasteiger partial charge in [0.05, 0.1) is 0 Å². The molecule has 0 aromatic carbocycles. The molecule has 0 aromatic heterocycles. The summed E-state index contributed by atoms with van der Waals surface area (Å²) in [5.74, 6) is -0.876. The number of allylic oxidation sites excluding steroid dienone is 4. The summed E-state index contributed by atoms with van der Waals surface area (Å²) in [7, 11) is 0. The lowest BCUT2D eigenvalue weighted by Crippen LogP contribution is -2.30. The molecule has 0 aliphatic rings. The van der Waals surface area contributed by atoms with Crippen LogP contribution in [-0.4, -0.2) is 37.2 Å². The quantitative estimate of drug-likeness (QED) is 0.0263. The highest BCUT2D eigenvalue weighted by Crippen LogP contribution is 2.16. The Morgan fingerprint density at radius 1 is 0.322 bits per heavy atom. The highest BCUT2D eigenvalue weighted by Gasteiger charge is 2.19. The summed E-state index contributed by atoms with van der Waals surface area (Å²) >= 11 is 0. The van der Waals surface area contributed by atoms with E-state index in [-0.39, 0.29) is 31.1 Å². The third-order valence-electron chi connectivity index (χ3n) is 11.4. The first-order valence-electron chi connectivity index (χ1n) is 25.8. The average molecular weight is 831 g/mol. The van der Waals surface area contributed by atoms with Gasteiger partial charge in [0.2, 0.25) is 0 Å². The number of rotatable bonds is 47. The number of ether oxygens (including phenoxy) is 3. The van der Waals surface area contributed by atoms with E-state index in [2.05, 4.69) is 45.1 Å². The number of esters is 3. The summed E-state index contributed by atoms with van der Waals surface area (Å²) in [6.07, 6.45) is 54.5. The number of hydrogen-bond donors (Lipinski definition) is 0. The van der Waals surface area contributed by atoms with Gasteiger partial charge in [-0.25, -0.2) is 0 Å². The van der Waals surface area contributed by atoms with Gasteiger partial charge in [0.1, 0.15) is 13.2 Å². The Labute approximate surface area is 366 Å². The van der Waals surface area contributed by atoms with Crippen molar-refractivity contribution in [2.45, 2.75) is 284 Å². The van der Waals surface area contributed by atoms with Gasteiger partial charge < -0.3 is 14.2 Å². The van der Waals surface area contributed by atoms with Crippen LogP contribution in [0.25, 0.3) is 0 Å². The second-order valence-corrected chi connectivity index (χ2v) is 17.4. The SMILES string of the molecule is CCC/C=C\CCCCCCCC(=O)OCC(COC(=O)CCCCCCCCC/C=C\CCCCCCCCC)OC(=O)CCCCCCCCCCCCCCC. The zero-order chi connectivity index (χ0) is 43.0. The predicted octanol–water partition coefficient (Wildman–Crippen LogP) is 16.8. The second kappa shape index (κ2) is 48.6. The van der Waals surface area contributed by atoms with Crippen LogP contribution in [0.4, 0.5) is 0 Å². The predicted molar refractivity (Wildman–Crippen MR) is 252 cm³/mol. The van der Waals surface area contributed by atoms with E-state index in [0.29, 0.717) is 19.3 Å². The van der Waals surface area contributed by atoms with Crippen LogP contribution in [0.2, 0.25) is 0 Å². The van der Waals surface area contributed by atoms with Crippen LogP contribution >= 0.6 is 0 Å². The van der Waals surface area contributed by atoms with Crippen LogP contribution in [0.5, 0.6) is 0 Å². The van der Waals surface area contributed by atoms with Gasteiger partial charge in [0.15, 0.2) is 6.10 Å². The topological polar surface area (TPSA) is 78.9 Å². The van der Waals surface area contributed by atoms with Gasteiger partial charge in [-0.2, -0.15) is 0 Å². The maximum atomic E-state index is 12.8. The molecule has 0 saturated heterocycles. The minimum atomic E-state index is -0.770. The van der Waals surface area contributed by atoms with Crippen LogP contribution in [0.1, 0.15) is 278 Å². The molecule has 1 unspecified atom stereocenters. The van der Waals surface area contributed by atoms with E-state index in [4.69, 9.17) is 14.2 Å². The third kappa shape index (κ3) is 46.8. The fraction of sp³-hybridized carbons (Fsp3) is 0.868. The van der Waals surface area contributed by atoms with Gasteiger partial charge in [-0.3, -0.25) is 14.4 Å². The van der Waals surface area contributed by atoms with E-state index in [1.54, 1.807) is 0 Å². The van der Waals surface area contributed by atoms with Crippen LogP contribution in [-0.2, 0) is 28.6 Å². The molecule has 0 aromatic rings. The van der Waals surface area contributed by atoms with Gasteiger partial charge in [-0.05, 0) is 64.2 Å². The van der Waals surface area contributed by atoms with Gasteiger partial charge in [0.25, 0.3) is 0 Å². The normalized spacial score (nSPS) is 12.1. The lowest BCUT2D eigenvalue weighted by Gasteiger charge is -2.18. The van der Waals surface area contributed by atoms with Gasteiger partial charge in [0, 0.05) is 19.3 Å².